The van der Waals surface area contributed by atoms with Gasteiger partial charge in [0, 0.05) is 18.2 Å². The number of carbonyl (C=O) groups excluding carboxylic acids is 1. The summed E-state index contributed by atoms with van der Waals surface area (Å²) in [5.74, 6) is -0.524. The molecule has 94 valence electrons. The SMILES string of the molecule is Cc1cc(F)ccc1C(=O)N(CCO)C(C)C. The fourth-order valence-electron chi connectivity index (χ4n) is 1.72. The topological polar surface area (TPSA) is 40.5 Å². The fraction of sp³-hybridized carbons (Fsp3) is 0.462. The molecule has 1 aromatic carbocycles. The number of hydrogen-bond donors (Lipinski definition) is 1. The second-order valence-electron chi connectivity index (χ2n) is 4.28. The van der Waals surface area contributed by atoms with Crippen molar-refractivity contribution in [2.24, 2.45) is 0 Å². The maximum Gasteiger partial charge on any atom is 0.254 e. The van der Waals surface area contributed by atoms with Gasteiger partial charge in [-0.05, 0) is 44.5 Å². The molecule has 0 saturated heterocycles. The van der Waals surface area contributed by atoms with Crippen LogP contribution in [0.5, 0.6) is 0 Å². The number of amides is 1. The van der Waals surface area contributed by atoms with Crippen molar-refractivity contribution in [1.29, 1.82) is 0 Å². The Morgan fingerprint density at radius 1 is 1.47 bits per heavy atom. The molecule has 0 aliphatic heterocycles. The number of aryl methyl sites for hydroxylation is 1. The van der Waals surface area contributed by atoms with Crippen LogP contribution in [-0.2, 0) is 0 Å². The zero-order chi connectivity index (χ0) is 13.0. The Morgan fingerprint density at radius 3 is 2.59 bits per heavy atom. The number of aliphatic hydroxyl groups is 1. The number of hydrogen-bond acceptors (Lipinski definition) is 2. The van der Waals surface area contributed by atoms with Crippen LogP contribution in [0.15, 0.2) is 18.2 Å². The minimum Gasteiger partial charge on any atom is -0.395 e. The van der Waals surface area contributed by atoms with Crippen LogP contribution in [0, 0.1) is 12.7 Å². The molecule has 3 nitrogen and oxygen atoms in total. The van der Waals surface area contributed by atoms with Gasteiger partial charge in [-0.2, -0.15) is 0 Å². The van der Waals surface area contributed by atoms with Crippen molar-refractivity contribution in [2.45, 2.75) is 26.8 Å². The smallest absolute Gasteiger partial charge is 0.254 e. The molecule has 0 bridgehead atoms. The predicted molar refractivity (Wildman–Crippen MR) is 64.4 cm³/mol. The molecule has 0 unspecified atom stereocenters. The highest BCUT2D eigenvalue weighted by molar-refractivity contribution is 5.95. The van der Waals surface area contributed by atoms with E-state index in [9.17, 15) is 9.18 Å². The first-order chi connectivity index (χ1) is 7.97. The summed E-state index contributed by atoms with van der Waals surface area (Å²) in [6.07, 6.45) is 0. The van der Waals surface area contributed by atoms with Gasteiger partial charge in [0.2, 0.25) is 0 Å². The first-order valence-electron chi connectivity index (χ1n) is 5.65. The molecule has 0 spiro atoms. The number of aliphatic hydroxyl groups excluding tert-OH is 1. The summed E-state index contributed by atoms with van der Waals surface area (Å²) in [5, 5.41) is 8.94. The standard InChI is InChI=1S/C13H18FNO2/c1-9(2)15(6-7-16)13(17)12-5-4-11(14)8-10(12)3/h4-5,8-9,16H,6-7H2,1-3H3. The summed E-state index contributed by atoms with van der Waals surface area (Å²) >= 11 is 0. The van der Waals surface area contributed by atoms with E-state index >= 15 is 0 Å². The zero-order valence-corrected chi connectivity index (χ0v) is 10.4. The van der Waals surface area contributed by atoms with Crippen LogP contribution >= 0.6 is 0 Å². The van der Waals surface area contributed by atoms with Gasteiger partial charge < -0.3 is 10.0 Å². The molecule has 1 rings (SSSR count). The molecule has 0 saturated carbocycles. The second kappa shape index (κ2) is 5.77. The van der Waals surface area contributed by atoms with Gasteiger partial charge in [0.15, 0.2) is 0 Å². The molecule has 4 heteroatoms. The summed E-state index contributed by atoms with van der Waals surface area (Å²) in [6, 6.07) is 4.10. The lowest BCUT2D eigenvalue weighted by Crippen LogP contribution is -2.39. The third-order valence-electron chi connectivity index (χ3n) is 2.64. The van der Waals surface area contributed by atoms with Crippen LogP contribution in [-0.4, -0.2) is 35.1 Å². The Morgan fingerprint density at radius 2 is 2.12 bits per heavy atom. The normalized spacial score (nSPS) is 10.7. The van der Waals surface area contributed by atoms with E-state index in [4.69, 9.17) is 5.11 Å². The predicted octanol–water partition coefficient (Wildman–Crippen LogP) is 1.98. The quantitative estimate of drug-likeness (QED) is 0.872. The molecule has 1 aromatic rings. The molecule has 1 N–H and O–H groups in total. The van der Waals surface area contributed by atoms with Gasteiger partial charge in [-0.15, -0.1) is 0 Å². The van der Waals surface area contributed by atoms with Gasteiger partial charge in [-0.1, -0.05) is 0 Å². The molecule has 17 heavy (non-hydrogen) atoms. The molecule has 0 aliphatic carbocycles. The fourth-order valence-corrected chi connectivity index (χ4v) is 1.72. The monoisotopic (exact) mass is 239 g/mol. The van der Waals surface area contributed by atoms with Crippen molar-refractivity contribution >= 4 is 5.91 Å². The Labute approximate surface area is 101 Å². The van der Waals surface area contributed by atoms with Crippen LogP contribution in [0.3, 0.4) is 0 Å². The molecule has 0 aromatic heterocycles. The lowest BCUT2D eigenvalue weighted by atomic mass is 10.1. The van der Waals surface area contributed by atoms with Crippen molar-refractivity contribution in [1.82, 2.24) is 4.90 Å². The van der Waals surface area contributed by atoms with Gasteiger partial charge >= 0.3 is 0 Å². The molecular formula is C13H18FNO2. The summed E-state index contributed by atoms with van der Waals surface area (Å²) in [5.41, 5.74) is 1.09. The largest absolute Gasteiger partial charge is 0.395 e. The Balaban J connectivity index is 3.01. The highest BCUT2D eigenvalue weighted by atomic mass is 19.1. The zero-order valence-electron chi connectivity index (χ0n) is 10.4. The van der Waals surface area contributed by atoms with Gasteiger partial charge in [0.25, 0.3) is 5.91 Å². The van der Waals surface area contributed by atoms with Gasteiger partial charge in [0.1, 0.15) is 5.82 Å². The summed E-state index contributed by atoms with van der Waals surface area (Å²) in [4.78, 5) is 13.8. The third kappa shape index (κ3) is 3.27. The maximum absolute atomic E-state index is 13.0. The van der Waals surface area contributed by atoms with Crippen molar-refractivity contribution in [3.8, 4) is 0 Å². The summed E-state index contributed by atoms with van der Waals surface area (Å²) < 4.78 is 13.0. The van der Waals surface area contributed by atoms with Crippen molar-refractivity contribution < 1.29 is 14.3 Å². The van der Waals surface area contributed by atoms with E-state index < -0.39 is 0 Å². The minimum atomic E-state index is -0.350. The molecule has 0 atom stereocenters. The Kier molecular flexibility index (Phi) is 4.63. The molecule has 0 heterocycles. The van der Waals surface area contributed by atoms with Crippen molar-refractivity contribution in [3.05, 3.63) is 35.1 Å². The van der Waals surface area contributed by atoms with Crippen LogP contribution in [0.2, 0.25) is 0 Å². The second-order valence-corrected chi connectivity index (χ2v) is 4.28. The van der Waals surface area contributed by atoms with E-state index in [1.54, 1.807) is 11.8 Å². The Bertz CT molecular complexity index is 404. The van der Waals surface area contributed by atoms with E-state index in [-0.39, 0.29) is 30.9 Å². The molecule has 0 aliphatic rings. The lowest BCUT2D eigenvalue weighted by Gasteiger charge is -2.26. The van der Waals surface area contributed by atoms with Crippen LogP contribution in [0.4, 0.5) is 4.39 Å². The van der Waals surface area contributed by atoms with E-state index in [1.165, 1.54) is 18.2 Å². The number of halogens is 1. The summed E-state index contributed by atoms with van der Waals surface area (Å²) in [7, 11) is 0. The maximum atomic E-state index is 13.0. The molecule has 0 radical (unpaired) electrons. The van der Waals surface area contributed by atoms with Crippen molar-refractivity contribution in [3.63, 3.8) is 0 Å². The van der Waals surface area contributed by atoms with Gasteiger partial charge in [-0.25, -0.2) is 4.39 Å². The van der Waals surface area contributed by atoms with E-state index in [0.29, 0.717) is 11.1 Å². The Hall–Kier alpha value is -1.42. The third-order valence-corrected chi connectivity index (χ3v) is 2.64. The number of benzene rings is 1. The van der Waals surface area contributed by atoms with E-state index in [1.807, 2.05) is 13.8 Å². The van der Waals surface area contributed by atoms with Crippen LogP contribution < -0.4 is 0 Å². The first kappa shape index (κ1) is 13.6. The molecular weight excluding hydrogens is 221 g/mol. The van der Waals surface area contributed by atoms with Crippen LogP contribution in [0.25, 0.3) is 0 Å². The van der Waals surface area contributed by atoms with Gasteiger partial charge in [-0.3, -0.25) is 4.79 Å². The van der Waals surface area contributed by atoms with Gasteiger partial charge in [0.05, 0.1) is 6.61 Å². The van der Waals surface area contributed by atoms with Crippen molar-refractivity contribution in [2.75, 3.05) is 13.2 Å². The average Bonchev–Trinajstić information content (AvgIpc) is 2.24. The molecule has 1 amide bonds. The number of carbonyl (C=O) groups is 1. The summed E-state index contributed by atoms with van der Waals surface area (Å²) in [6.45, 7) is 5.67. The van der Waals surface area contributed by atoms with Crippen LogP contribution in [0.1, 0.15) is 29.8 Å². The van der Waals surface area contributed by atoms with E-state index in [0.717, 1.165) is 0 Å². The average molecular weight is 239 g/mol. The lowest BCUT2D eigenvalue weighted by molar-refractivity contribution is 0.0664. The number of nitrogens with zero attached hydrogens (tertiary/aromatic N) is 1. The highest BCUT2D eigenvalue weighted by Crippen LogP contribution is 2.14. The van der Waals surface area contributed by atoms with E-state index in [2.05, 4.69) is 0 Å². The highest BCUT2D eigenvalue weighted by Gasteiger charge is 2.19. The first-order valence-corrected chi connectivity index (χ1v) is 5.65. The number of rotatable bonds is 4. The minimum absolute atomic E-state index is 0.000830. The molecule has 0 fully saturated rings.